The summed E-state index contributed by atoms with van der Waals surface area (Å²) in [5, 5.41) is 3.28. The fourth-order valence-corrected chi connectivity index (χ4v) is 2.92. The molecule has 18 heavy (non-hydrogen) atoms. The van der Waals surface area contributed by atoms with Gasteiger partial charge >= 0.3 is 0 Å². The Hall–Kier alpha value is -1.02. The van der Waals surface area contributed by atoms with Gasteiger partial charge in [-0.15, -0.1) is 0 Å². The highest BCUT2D eigenvalue weighted by atomic mass is 15.1. The second-order valence-electron chi connectivity index (χ2n) is 5.55. The zero-order valence-electron chi connectivity index (χ0n) is 11.8. The molecule has 0 aliphatic carbocycles. The summed E-state index contributed by atoms with van der Waals surface area (Å²) < 4.78 is 0. The van der Waals surface area contributed by atoms with E-state index in [9.17, 15) is 0 Å². The zero-order valence-corrected chi connectivity index (χ0v) is 11.8. The van der Waals surface area contributed by atoms with Crippen LogP contribution in [0.1, 0.15) is 31.7 Å². The molecule has 1 aromatic carbocycles. The van der Waals surface area contributed by atoms with Gasteiger partial charge in [-0.25, -0.2) is 0 Å². The number of anilines is 1. The van der Waals surface area contributed by atoms with Crippen molar-refractivity contribution >= 4 is 5.69 Å². The van der Waals surface area contributed by atoms with E-state index in [-0.39, 0.29) is 0 Å². The third-order valence-corrected chi connectivity index (χ3v) is 3.79. The van der Waals surface area contributed by atoms with Gasteiger partial charge in [-0.1, -0.05) is 31.5 Å². The molecule has 2 heteroatoms. The lowest BCUT2D eigenvalue weighted by Crippen LogP contribution is -2.34. The second kappa shape index (κ2) is 6.79. The highest BCUT2D eigenvalue weighted by Crippen LogP contribution is 2.26. The summed E-state index contributed by atoms with van der Waals surface area (Å²) in [6.45, 7) is 5.81. The van der Waals surface area contributed by atoms with E-state index in [4.69, 9.17) is 0 Å². The van der Waals surface area contributed by atoms with Crippen molar-refractivity contribution in [2.24, 2.45) is 5.92 Å². The Kier molecular flexibility index (Phi) is 5.06. The van der Waals surface area contributed by atoms with Gasteiger partial charge in [0.1, 0.15) is 0 Å². The number of hydrogen-bond donors (Lipinski definition) is 1. The topological polar surface area (TPSA) is 15.3 Å². The van der Waals surface area contributed by atoms with Gasteiger partial charge in [-0.2, -0.15) is 0 Å². The monoisotopic (exact) mass is 246 g/mol. The summed E-state index contributed by atoms with van der Waals surface area (Å²) in [5.41, 5.74) is 3.01. The number of fused-ring (bicyclic) bond motifs is 1. The van der Waals surface area contributed by atoms with E-state index in [1.807, 2.05) is 7.05 Å². The maximum Gasteiger partial charge on any atom is 0.0398 e. The summed E-state index contributed by atoms with van der Waals surface area (Å²) in [6.07, 6.45) is 5.29. The lowest BCUT2D eigenvalue weighted by atomic mass is 10.0. The first-order chi connectivity index (χ1) is 8.81. The van der Waals surface area contributed by atoms with Crippen molar-refractivity contribution in [2.75, 3.05) is 31.6 Å². The minimum absolute atomic E-state index is 0.697. The van der Waals surface area contributed by atoms with Gasteiger partial charge in [0.2, 0.25) is 0 Å². The van der Waals surface area contributed by atoms with Crippen molar-refractivity contribution < 1.29 is 0 Å². The van der Waals surface area contributed by atoms with E-state index in [0.29, 0.717) is 5.92 Å². The maximum atomic E-state index is 3.28. The molecule has 1 aliphatic rings. The quantitative estimate of drug-likeness (QED) is 0.878. The molecule has 1 N–H and O–H groups in total. The molecule has 1 unspecified atom stereocenters. The van der Waals surface area contributed by atoms with Gasteiger partial charge in [0.25, 0.3) is 0 Å². The molecule has 1 heterocycles. The van der Waals surface area contributed by atoms with E-state index in [2.05, 4.69) is 41.4 Å². The molecule has 0 radical (unpaired) electrons. The van der Waals surface area contributed by atoms with E-state index < -0.39 is 0 Å². The van der Waals surface area contributed by atoms with Crippen molar-refractivity contribution in [3.05, 3.63) is 29.8 Å². The van der Waals surface area contributed by atoms with Crippen molar-refractivity contribution in [3.8, 4) is 0 Å². The molecule has 2 rings (SSSR count). The normalized spacial score (nSPS) is 17.8. The standard InChI is InChI=1S/C16H26N2/c1-14(12-17-2)13-18-11-7-3-4-8-15-9-5-6-10-16(15)18/h5-6,9-10,14,17H,3-4,7-8,11-13H2,1-2H3. The van der Waals surface area contributed by atoms with Crippen LogP contribution in [0.3, 0.4) is 0 Å². The Morgan fingerprint density at radius 1 is 1.22 bits per heavy atom. The zero-order chi connectivity index (χ0) is 12.8. The molecule has 1 aliphatic heterocycles. The van der Waals surface area contributed by atoms with Gasteiger partial charge < -0.3 is 10.2 Å². The fourth-order valence-electron chi connectivity index (χ4n) is 2.92. The predicted molar refractivity (Wildman–Crippen MR) is 79.3 cm³/mol. The van der Waals surface area contributed by atoms with Crippen LogP contribution in [0, 0.1) is 5.92 Å². The summed E-state index contributed by atoms with van der Waals surface area (Å²) in [6, 6.07) is 8.95. The number of para-hydroxylation sites is 1. The van der Waals surface area contributed by atoms with Crippen LogP contribution >= 0.6 is 0 Å². The summed E-state index contributed by atoms with van der Waals surface area (Å²) in [4.78, 5) is 2.59. The number of nitrogens with one attached hydrogen (secondary N) is 1. The molecule has 0 amide bonds. The first-order valence-corrected chi connectivity index (χ1v) is 7.28. The highest BCUT2D eigenvalue weighted by molar-refractivity contribution is 5.54. The van der Waals surface area contributed by atoms with E-state index >= 15 is 0 Å². The number of benzene rings is 1. The van der Waals surface area contributed by atoms with Crippen LogP contribution in [0.15, 0.2) is 24.3 Å². The van der Waals surface area contributed by atoms with Gasteiger partial charge in [0.15, 0.2) is 0 Å². The molecule has 1 aromatic rings. The third kappa shape index (κ3) is 3.49. The van der Waals surface area contributed by atoms with Crippen LogP contribution in [0.4, 0.5) is 5.69 Å². The number of nitrogens with zero attached hydrogens (tertiary/aromatic N) is 1. The molecular weight excluding hydrogens is 220 g/mol. The van der Waals surface area contributed by atoms with Gasteiger partial charge in [0.05, 0.1) is 0 Å². The van der Waals surface area contributed by atoms with Gasteiger partial charge in [-0.3, -0.25) is 0 Å². The molecular formula is C16H26N2. The van der Waals surface area contributed by atoms with E-state index in [1.54, 1.807) is 0 Å². The van der Waals surface area contributed by atoms with Crippen LogP contribution in [0.2, 0.25) is 0 Å². The van der Waals surface area contributed by atoms with Crippen LogP contribution in [0.5, 0.6) is 0 Å². The Labute approximate surface area is 111 Å². The molecule has 2 nitrogen and oxygen atoms in total. The highest BCUT2D eigenvalue weighted by Gasteiger charge is 2.15. The number of rotatable bonds is 4. The summed E-state index contributed by atoms with van der Waals surface area (Å²) in [5.74, 6) is 0.697. The average molecular weight is 246 g/mol. The molecule has 1 atom stereocenters. The molecule has 0 fully saturated rings. The largest absolute Gasteiger partial charge is 0.371 e. The van der Waals surface area contributed by atoms with Crippen molar-refractivity contribution in [1.29, 1.82) is 0 Å². The minimum atomic E-state index is 0.697. The van der Waals surface area contributed by atoms with Gasteiger partial charge in [-0.05, 0) is 50.4 Å². The molecule has 0 saturated heterocycles. The predicted octanol–water partition coefficient (Wildman–Crippen LogP) is 3.07. The Morgan fingerprint density at radius 3 is 2.89 bits per heavy atom. The van der Waals surface area contributed by atoms with E-state index in [0.717, 1.165) is 13.1 Å². The van der Waals surface area contributed by atoms with Crippen LogP contribution in [0.25, 0.3) is 0 Å². The Morgan fingerprint density at radius 2 is 2.06 bits per heavy atom. The maximum absolute atomic E-state index is 3.28. The smallest absolute Gasteiger partial charge is 0.0398 e. The molecule has 0 saturated carbocycles. The van der Waals surface area contributed by atoms with Crippen LogP contribution in [-0.4, -0.2) is 26.7 Å². The minimum Gasteiger partial charge on any atom is -0.371 e. The van der Waals surface area contributed by atoms with Crippen LogP contribution < -0.4 is 10.2 Å². The Balaban J connectivity index is 2.13. The molecule has 100 valence electrons. The number of hydrogen-bond acceptors (Lipinski definition) is 2. The van der Waals surface area contributed by atoms with E-state index in [1.165, 1.54) is 43.5 Å². The first kappa shape index (κ1) is 13.4. The second-order valence-corrected chi connectivity index (χ2v) is 5.55. The molecule has 0 bridgehead atoms. The molecule has 0 aromatic heterocycles. The lowest BCUT2D eigenvalue weighted by Gasteiger charge is -2.31. The number of aryl methyl sites for hydroxylation is 1. The van der Waals surface area contributed by atoms with Gasteiger partial charge in [0, 0.05) is 18.8 Å². The summed E-state index contributed by atoms with van der Waals surface area (Å²) in [7, 11) is 2.04. The SMILES string of the molecule is CNCC(C)CN1CCCCCc2ccccc21. The third-order valence-electron chi connectivity index (χ3n) is 3.79. The first-order valence-electron chi connectivity index (χ1n) is 7.28. The molecule has 0 spiro atoms. The van der Waals surface area contributed by atoms with Crippen molar-refractivity contribution in [2.45, 2.75) is 32.6 Å². The van der Waals surface area contributed by atoms with Crippen LogP contribution in [-0.2, 0) is 6.42 Å². The van der Waals surface area contributed by atoms with Crippen molar-refractivity contribution in [3.63, 3.8) is 0 Å². The summed E-state index contributed by atoms with van der Waals surface area (Å²) >= 11 is 0. The lowest BCUT2D eigenvalue weighted by molar-refractivity contribution is 0.515. The fraction of sp³-hybridized carbons (Fsp3) is 0.625. The van der Waals surface area contributed by atoms with Crippen molar-refractivity contribution in [1.82, 2.24) is 5.32 Å². The Bertz CT molecular complexity index is 362. The average Bonchev–Trinajstić information content (AvgIpc) is 2.35.